The first-order valence-electron chi connectivity index (χ1n) is 7.86. The molecule has 1 rings (SSSR count). The molecule has 0 heterocycles. The minimum atomic E-state index is -5.03. The number of rotatable bonds is 6. The standard InChI is InChI=1S/C18H19F6NO3/c1-5-16(14(26)27,10-28-15(2,3)4)25-9-11-6-12(17(19,20)21)8-13(7-11)18(22,23)24/h5-9H,1,10H2,2-4H3,(H,26,27)/t16-/m0/s1. The van der Waals surface area contributed by atoms with Crippen molar-refractivity contribution >= 4 is 12.2 Å². The van der Waals surface area contributed by atoms with Gasteiger partial charge in [0.05, 0.1) is 23.3 Å². The van der Waals surface area contributed by atoms with Crippen LogP contribution in [0.1, 0.15) is 37.5 Å². The van der Waals surface area contributed by atoms with Crippen molar-refractivity contribution in [2.24, 2.45) is 4.99 Å². The molecule has 156 valence electrons. The Hall–Kier alpha value is -2.36. The maximum atomic E-state index is 12.9. The predicted molar refractivity (Wildman–Crippen MR) is 90.3 cm³/mol. The van der Waals surface area contributed by atoms with Gasteiger partial charge in [-0.3, -0.25) is 4.99 Å². The summed E-state index contributed by atoms with van der Waals surface area (Å²) in [5.74, 6) is -1.52. The van der Waals surface area contributed by atoms with Gasteiger partial charge in [-0.05, 0) is 44.5 Å². The summed E-state index contributed by atoms with van der Waals surface area (Å²) in [6, 6.07) is 0.857. The number of carboxylic acids is 1. The normalized spacial score (nSPS) is 15.5. The summed E-state index contributed by atoms with van der Waals surface area (Å²) in [7, 11) is 0. The van der Waals surface area contributed by atoms with Gasteiger partial charge in [-0.2, -0.15) is 26.3 Å². The molecule has 28 heavy (non-hydrogen) atoms. The number of alkyl halides is 6. The van der Waals surface area contributed by atoms with Crippen molar-refractivity contribution < 1.29 is 41.0 Å². The van der Waals surface area contributed by atoms with E-state index in [0.29, 0.717) is 18.3 Å². The fourth-order valence-corrected chi connectivity index (χ4v) is 1.92. The van der Waals surface area contributed by atoms with Gasteiger partial charge in [-0.1, -0.05) is 12.7 Å². The van der Waals surface area contributed by atoms with Crippen molar-refractivity contribution in [2.45, 2.75) is 44.3 Å². The van der Waals surface area contributed by atoms with E-state index in [2.05, 4.69) is 11.6 Å². The SMILES string of the molecule is C=C[C@@](COC(C)(C)C)(N=Cc1cc(C(F)(F)F)cc(C(F)(F)F)c1)C(=O)O. The molecule has 0 saturated heterocycles. The number of aliphatic carboxylic acids is 1. The molecule has 0 spiro atoms. The Kier molecular flexibility index (Phi) is 6.72. The summed E-state index contributed by atoms with van der Waals surface area (Å²) in [5, 5.41) is 9.44. The average Bonchev–Trinajstić information content (AvgIpc) is 2.52. The number of carboxylic acid groups (broad SMARTS) is 1. The topological polar surface area (TPSA) is 58.9 Å². The fraction of sp³-hybridized carbons (Fsp3) is 0.444. The zero-order valence-corrected chi connectivity index (χ0v) is 15.3. The van der Waals surface area contributed by atoms with Crippen molar-refractivity contribution in [1.29, 1.82) is 0 Å². The Bertz CT molecular complexity index is 730. The maximum Gasteiger partial charge on any atom is 0.416 e. The summed E-state index contributed by atoms with van der Waals surface area (Å²) in [6.07, 6.45) is -8.52. The quantitative estimate of drug-likeness (QED) is 0.409. The predicted octanol–water partition coefficient (Wildman–Crippen LogP) is 4.97. The second-order valence-corrected chi connectivity index (χ2v) is 6.93. The molecule has 1 aromatic rings. The van der Waals surface area contributed by atoms with E-state index in [1.807, 2.05) is 0 Å². The minimum Gasteiger partial charge on any atom is -0.479 e. The van der Waals surface area contributed by atoms with E-state index < -0.39 is 52.8 Å². The number of hydrogen-bond donors (Lipinski definition) is 1. The number of carbonyl (C=O) groups is 1. The molecule has 0 fully saturated rings. The van der Waals surface area contributed by atoms with Crippen molar-refractivity contribution in [3.05, 3.63) is 47.5 Å². The highest BCUT2D eigenvalue weighted by molar-refractivity contribution is 5.88. The van der Waals surface area contributed by atoms with Crippen molar-refractivity contribution in [1.82, 2.24) is 0 Å². The lowest BCUT2D eigenvalue weighted by Crippen LogP contribution is -2.42. The number of nitrogens with zero attached hydrogens (tertiary/aromatic N) is 1. The summed E-state index contributed by atoms with van der Waals surface area (Å²) in [6.45, 7) is 7.73. The minimum absolute atomic E-state index is 0.0298. The van der Waals surface area contributed by atoms with Crippen LogP contribution in [0.15, 0.2) is 35.8 Å². The van der Waals surface area contributed by atoms with Gasteiger partial charge in [0.2, 0.25) is 0 Å². The second-order valence-electron chi connectivity index (χ2n) is 6.93. The molecule has 0 aliphatic carbocycles. The molecular weight excluding hydrogens is 392 g/mol. The van der Waals surface area contributed by atoms with Crippen LogP contribution in [0.4, 0.5) is 26.3 Å². The molecule has 0 radical (unpaired) electrons. The van der Waals surface area contributed by atoms with E-state index >= 15 is 0 Å². The Balaban J connectivity index is 3.43. The van der Waals surface area contributed by atoms with Crippen molar-refractivity contribution in [2.75, 3.05) is 6.61 Å². The summed E-state index contributed by atoms with van der Waals surface area (Å²) < 4.78 is 82.9. The number of ether oxygens (including phenoxy) is 1. The van der Waals surface area contributed by atoms with Crippen LogP contribution in [0.25, 0.3) is 0 Å². The largest absolute Gasteiger partial charge is 0.479 e. The lowest BCUT2D eigenvalue weighted by atomic mass is 10.0. The Morgan fingerprint density at radius 1 is 1.07 bits per heavy atom. The molecule has 0 unspecified atom stereocenters. The number of hydrogen-bond acceptors (Lipinski definition) is 3. The highest BCUT2D eigenvalue weighted by atomic mass is 19.4. The van der Waals surface area contributed by atoms with E-state index in [1.54, 1.807) is 20.8 Å². The molecule has 0 amide bonds. The van der Waals surface area contributed by atoms with Gasteiger partial charge >= 0.3 is 18.3 Å². The first-order valence-corrected chi connectivity index (χ1v) is 7.86. The van der Waals surface area contributed by atoms with Crippen LogP contribution in [-0.2, 0) is 21.9 Å². The second kappa shape index (κ2) is 7.94. The van der Waals surface area contributed by atoms with Gasteiger partial charge in [0.15, 0.2) is 5.54 Å². The van der Waals surface area contributed by atoms with Gasteiger partial charge in [0, 0.05) is 6.21 Å². The van der Waals surface area contributed by atoms with Crippen LogP contribution >= 0.6 is 0 Å². The van der Waals surface area contributed by atoms with E-state index in [-0.39, 0.29) is 6.07 Å². The smallest absolute Gasteiger partial charge is 0.416 e. The highest BCUT2D eigenvalue weighted by Crippen LogP contribution is 2.36. The van der Waals surface area contributed by atoms with E-state index in [0.717, 1.165) is 6.08 Å². The number of aliphatic imine (C=N–C) groups is 1. The molecule has 0 aliphatic heterocycles. The lowest BCUT2D eigenvalue weighted by Gasteiger charge is -2.27. The molecule has 10 heteroatoms. The lowest BCUT2D eigenvalue weighted by molar-refractivity contribution is -0.146. The molecule has 1 atom stereocenters. The fourth-order valence-electron chi connectivity index (χ4n) is 1.92. The van der Waals surface area contributed by atoms with Crippen LogP contribution in [-0.4, -0.2) is 35.0 Å². The molecule has 0 aromatic heterocycles. The van der Waals surface area contributed by atoms with Gasteiger partial charge in [-0.25, -0.2) is 4.79 Å². The third-order valence-corrected chi connectivity index (χ3v) is 3.49. The third kappa shape index (κ3) is 6.36. The first kappa shape index (κ1) is 23.7. The first-order chi connectivity index (χ1) is 12.5. The molecule has 0 saturated carbocycles. The van der Waals surface area contributed by atoms with E-state index in [9.17, 15) is 36.2 Å². The highest BCUT2D eigenvalue weighted by Gasteiger charge is 2.38. The van der Waals surface area contributed by atoms with Crippen LogP contribution < -0.4 is 0 Å². The summed E-state index contributed by atoms with van der Waals surface area (Å²) in [4.78, 5) is 15.3. The molecule has 1 N–H and O–H groups in total. The molecule has 1 aromatic carbocycles. The summed E-state index contributed by atoms with van der Waals surface area (Å²) >= 11 is 0. The van der Waals surface area contributed by atoms with E-state index in [4.69, 9.17) is 4.74 Å². The summed E-state index contributed by atoms with van der Waals surface area (Å²) in [5.41, 5.74) is -6.48. The molecule has 0 bridgehead atoms. The molecule has 0 aliphatic rings. The van der Waals surface area contributed by atoms with Gasteiger partial charge < -0.3 is 9.84 Å². The maximum absolute atomic E-state index is 12.9. The zero-order valence-electron chi connectivity index (χ0n) is 15.3. The molecule has 4 nitrogen and oxygen atoms in total. The van der Waals surface area contributed by atoms with E-state index in [1.165, 1.54) is 0 Å². The monoisotopic (exact) mass is 411 g/mol. The van der Waals surface area contributed by atoms with Crippen molar-refractivity contribution in [3.8, 4) is 0 Å². The Morgan fingerprint density at radius 2 is 1.54 bits per heavy atom. The third-order valence-electron chi connectivity index (χ3n) is 3.49. The van der Waals surface area contributed by atoms with Crippen LogP contribution in [0.2, 0.25) is 0 Å². The van der Waals surface area contributed by atoms with Crippen LogP contribution in [0.3, 0.4) is 0 Å². The van der Waals surface area contributed by atoms with Crippen LogP contribution in [0.5, 0.6) is 0 Å². The van der Waals surface area contributed by atoms with Gasteiger partial charge in [-0.15, -0.1) is 0 Å². The van der Waals surface area contributed by atoms with Gasteiger partial charge in [0.1, 0.15) is 0 Å². The zero-order chi connectivity index (χ0) is 22.0. The number of benzene rings is 1. The Morgan fingerprint density at radius 3 is 1.86 bits per heavy atom. The Labute approximate surface area is 157 Å². The number of halogens is 6. The van der Waals surface area contributed by atoms with Crippen molar-refractivity contribution in [3.63, 3.8) is 0 Å². The van der Waals surface area contributed by atoms with Crippen LogP contribution in [0, 0.1) is 0 Å². The molecular formula is C18H19F6NO3. The average molecular weight is 411 g/mol. The van der Waals surface area contributed by atoms with Gasteiger partial charge in [0.25, 0.3) is 0 Å².